The molecule has 4 nitrogen and oxygen atoms in total. The quantitative estimate of drug-likeness (QED) is 0.754. The van der Waals surface area contributed by atoms with Crippen molar-refractivity contribution in [2.75, 3.05) is 5.73 Å². The first kappa shape index (κ1) is 10.5. The predicted molar refractivity (Wildman–Crippen MR) is 50.4 cm³/mol. The molecule has 1 heterocycles. The van der Waals surface area contributed by atoms with E-state index in [9.17, 15) is 13.2 Å². The summed E-state index contributed by atoms with van der Waals surface area (Å²) in [6, 6.07) is 1.27. The van der Waals surface area contributed by atoms with Gasteiger partial charge >= 0.3 is 0 Å². The molecule has 0 atom stereocenters. The number of nitrogen functional groups attached to an aromatic ring is 1. The summed E-state index contributed by atoms with van der Waals surface area (Å²) < 4.78 is 40.2. The van der Waals surface area contributed by atoms with Crippen molar-refractivity contribution in [3.8, 4) is 5.69 Å². The molecule has 84 valence electrons. The Labute approximate surface area is 88.5 Å². The molecule has 0 aliphatic heterocycles. The molecule has 0 amide bonds. The number of nitrogens with two attached hydrogens (primary N) is 1. The lowest BCUT2D eigenvalue weighted by molar-refractivity contribution is 0.486. The number of benzene rings is 1. The molecule has 0 saturated heterocycles. The SMILES string of the molecule is Cc1c(N)nnn1-c1cc(F)cc(F)c1F. The van der Waals surface area contributed by atoms with Gasteiger partial charge in [-0.15, -0.1) is 5.10 Å². The van der Waals surface area contributed by atoms with Gasteiger partial charge in [0.05, 0.1) is 5.69 Å². The summed E-state index contributed by atoms with van der Waals surface area (Å²) in [5, 5.41) is 6.97. The van der Waals surface area contributed by atoms with Crippen molar-refractivity contribution in [2.45, 2.75) is 6.92 Å². The van der Waals surface area contributed by atoms with Crippen LogP contribution in [0.2, 0.25) is 0 Å². The Balaban J connectivity index is 2.69. The zero-order valence-corrected chi connectivity index (χ0v) is 8.21. The van der Waals surface area contributed by atoms with Gasteiger partial charge in [0.25, 0.3) is 0 Å². The second-order valence-corrected chi connectivity index (χ2v) is 3.19. The van der Waals surface area contributed by atoms with Gasteiger partial charge < -0.3 is 5.73 Å². The van der Waals surface area contributed by atoms with Gasteiger partial charge in [-0.05, 0) is 6.92 Å². The molecule has 0 aliphatic rings. The van der Waals surface area contributed by atoms with E-state index in [1.165, 1.54) is 6.92 Å². The summed E-state index contributed by atoms with van der Waals surface area (Å²) in [5.74, 6) is -3.32. The van der Waals surface area contributed by atoms with Crippen LogP contribution in [-0.2, 0) is 0 Å². The summed E-state index contributed by atoms with van der Waals surface area (Å²) in [7, 11) is 0. The van der Waals surface area contributed by atoms with Gasteiger partial charge in [0.15, 0.2) is 17.5 Å². The molecule has 0 fully saturated rings. The van der Waals surface area contributed by atoms with Crippen molar-refractivity contribution >= 4 is 5.82 Å². The maximum absolute atomic E-state index is 13.4. The monoisotopic (exact) mass is 228 g/mol. The van der Waals surface area contributed by atoms with Crippen molar-refractivity contribution in [1.29, 1.82) is 0 Å². The van der Waals surface area contributed by atoms with Gasteiger partial charge in [-0.2, -0.15) is 0 Å². The van der Waals surface area contributed by atoms with E-state index >= 15 is 0 Å². The molecule has 1 aromatic carbocycles. The first-order chi connectivity index (χ1) is 7.50. The van der Waals surface area contributed by atoms with Crippen molar-refractivity contribution in [3.63, 3.8) is 0 Å². The molecule has 0 radical (unpaired) electrons. The topological polar surface area (TPSA) is 56.7 Å². The van der Waals surface area contributed by atoms with Crippen LogP contribution in [0.15, 0.2) is 12.1 Å². The van der Waals surface area contributed by atoms with Crippen LogP contribution >= 0.6 is 0 Å². The zero-order chi connectivity index (χ0) is 11.9. The fourth-order valence-electron chi connectivity index (χ4n) is 1.27. The molecule has 2 rings (SSSR count). The van der Waals surface area contributed by atoms with Crippen molar-refractivity contribution in [3.05, 3.63) is 35.3 Å². The molecule has 1 aromatic heterocycles. The molecular weight excluding hydrogens is 221 g/mol. The normalized spacial score (nSPS) is 10.8. The molecule has 2 N–H and O–H groups in total. The number of hydrogen-bond donors (Lipinski definition) is 1. The lowest BCUT2D eigenvalue weighted by Crippen LogP contribution is -2.05. The largest absolute Gasteiger partial charge is 0.381 e. The summed E-state index contributed by atoms with van der Waals surface area (Å²) in [6.45, 7) is 1.51. The summed E-state index contributed by atoms with van der Waals surface area (Å²) in [6.07, 6.45) is 0. The smallest absolute Gasteiger partial charge is 0.184 e. The minimum Gasteiger partial charge on any atom is -0.381 e. The number of halogens is 3. The number of nitrogens with zero attached hydrogens (tertiary/aromatic N) is 3. The van der Waals surface area contributed by atoms with Crippen molar-refractivity contribution in [1.82, 2.24) is 15.0 Å². The third-order valence-electron chi connectivity index (χ3n) is 2.13. The van der Waals surface area contributed by atoms with Gasteiger partial charge in [-0.25, -0.2) is 17.9 Å². The highest BCUT2D eigenvalue weighted by Gasteiger charge is 2.16. The van der Waals surface area contributed by atoms with E-state index < -0.39 is 17.5 Å². The third-order valence-corrected chi connectivity index (χ3v) is 2.13. The van der Waals surface area contributed by atoms with Gasteiger partial charge in [0, 0.05) is 12.1 Å². The Morgan fingerprint density at radius 1 is 1.25 bits per heavy atom. The second-order valence-electron chi connectivity index (χ2n) is 3.19. The van der Waals surface area contributed by atoms with Crippen LogP contribution in [0.4, 0.5) is 19.0 Å². The molecule has 16 heavy (non-hydrogen) atoms. The molecule has 0 aliphatic carbocycles. The number of hydrogen-bond acceptors (Lipinski definition) is 3. The Kier molecular flexibility index (Phi) is 2.30. The lowest BCUT2D eigenvalue weighted by atomic mass is 10.2. The van der Waals surface area contributed by atoms with Crippen LogP contribution in [0.3, 0.4) is 0 Å². The summed E-state index contributed by atoms with van der Waals surface area (Å²) >= 11 is 0. The second kappa shape index (κ2) is 3.51. The zero-order valence-electron chi connectivity index (χ0n) is 8.21. The van der Waals surface area contributed by atoms with E-state index in [1.807, 2.05) is 0 Å². The number of aromatic nitrogens is 3. The van der Waals surface area contributed by atoms with E-state index in [2.05, 4.69) is 10.3 Å². The molecule has 0 spiro atoms. The predicted octanol–water partition coefficient (Wildman–Crippen LogP) is 1.58. The van der Waals surface area contributed by atoms with Gasteiger partial charge in [-0.3, -0.25) is 0 Å². The molecule has 0 unspecified atom stereocenters. The highest BCUT2D eigenvalue weighted by molar-refractivity contribution is 5.41. The Hall–Kier alpha value is -2.05. The Bertz CT molecular complexity index is 550. The van der Waals surface area contributed by atoms with Crippen molar-refractivity contribution in [2.24, 2.45) is 0 Å². The molecule has 0 bridgehead atoms. The fourth-order valence-corrected chi connectivity index (χ4v) is 1.27. The van der Waals surface area contributed by atoms with E-state index in [-0.39, 0.29) is 11.5 Å². The maximum Gasteiger partial charge on any atom is 0.184 e. The van der Waals surface area contributed by atoms with E-state index in [1.54, 1.807) is 0 Å². The van der Waals surface area contributed by atoms with Crippen LogP contribution in [0.5, 0.6) is 0 Å². The standard InChI is InChI=1S/C9H7F3N4/c1-4-9(13)14-15-16(4)7-3-5(10)2-6(11)8(7)12/h2-3H,13H2,1H3. The van der Waals surface area contributed by atoms with Crippen LogP contribution in [0.1, 0.15) is 5.69 Å². The van der Waals surface area contributed by atoms with Gasteiger partial charge in [0.1, 0.15) is 11.5 Å². The highest BCUT2D eigenvalue weighted by atomic mass is 19.2. The maximum atomic E-state index is 13.4. The van der Waals surface area contributed by atoms with E-state index in [4.69, 9.17) is 5.73 Å². The van der Waals surface area contributed by atoms with Crippen LogP contribution in [-0.4, -0.2) is 15.0 Å². The number of anilines is 1. The van der Waals surface area contributed by atoms with Crippen LogP contribution < -0.4 is 5.73 Å². The summed E-state index contributed by atoms with van der Waals surface area (Å²) in [5.41, 5.74) is 5.35. The Morgan fingerprint density at radius 2 is 1.94 bits per heavy atom. The lowest BCUT2D eigenvalue weighted by Gasteiger charge is -2.05. The van der Waals surface area contributed by atoms with E-state index in [0.29, 0.717) is 11.8 Å². The highest BCUT2D eigenvalue weighted by Crippen LogP contribution is 2.20. The van der Waals surface area contributed by atoms with Crippen molar-refractivity contribution < 1.29 is 13.2 Å². The number of rotatable bonds is 1. The molecule has 2 aromatic rings. The average molecular weight is 228 g/mol. The summed E-state index contributed by atoms with van der Waals surface area (Å²) in [4.78, 5) is 0. The molecule has 0 saturated carbocycles. The third kappa shape index (κ3) is 1.50. The minimum absolute atomic E-state index is 0.0732. The minimum atomic E-state index is -1.29. The average Bonchev–Trinajstić information content (AvgIpc) is 2.54. The van der Waals surface area contributed by atoms with E-state index in [0.717, 1.165) is 10.7 Å². The first-order valence-corrected chi connectivity index (χ1v) is 4.33. The van der Waals surface area contributed by atoms with Gasteiger partial charge in [-0.1, -0.05) is 5.21 Å². The Morgan fingerprint density at radius 3 is 2.50 bits per heavy atom. The van der Waals surface area contributed by atoms with Crippen LogP contribution in [0, 0.1) is 24.4 Å². The van der Waals surface area contributed by atoms with Crippen LogP contribution in [0.25, 0.3) is 5.69 Å². The first-order valence-electron chi connectivity index (χ1n) is 4.33. The van der Waals surface area contributed by atoms with Gasteiger partial charge in [0.2, 0.25) is 0 Å². The molecular formula is C9H7F3N4. The fraction of sp³-hybridized carbons (Fsp3) is 0.111. The molecule has 7 heteroatoms.